The van der Waals surface area contributed by atoms with Gasteiger partial charge in [-0.15, -0.1) is 0 Å². The summed E-state index contributed by atoms with van der Waals surface area (Å²) in [6.45, 7) is 0. The lowest BCUT2D eigenvalue weighted by atomic mass is 10.2. The summed E-state index contributed by atoms with van der Waals surface area (Å²) in [6, 6.07) is 7.48. The molecule has 0 unspecified atom stereocenters. The van der Waals surface area contributed by atoms with Crippen molar-refractivity contribution in [3.8, 4) is 0 Å². The lowest BCUT2D eigenvalue weighted by molar-refractivity contribution is 0.504. The lowest BCUT2D eigenvalue weighted by Crippen LogP contribution is -2.40. The van der Waals surface area contributed by atoms with E-state index in [1.165, 1.54) is 12.8 Å². The predicted molar refractivity (Wildman–Crippen MR) is 56.3 cm³/mol. The molecule has 1 N–H and O–H groups in total. The van der Waals surface area contributed by atoms with Crippen LogP contribution < -0.4 is 5.32 Å². The number of nitrogens with one attached hydrogen (secondary N) is 1. The Kier molecular flexibility index (Phi) is 2.56. The molecule has 1 spiro atoms. The van der Waals surface area contributed by atoms with Gasteiger partial charge in [0.25, 0.3) is 0 Å². The third kappa shape index (κ3) is 1.60. The van der Waals surface area contributed by atoms with Gasteiger partial charge in [0.1, 0.15) is 0 Å². The Bertz CT molecular complexity index is 142. The van der Waals surface area contributed by atoms with Crippen molar-refractivity contribution in [2.24, 2.45) is 0 Å². The number of hydrogen-bond acceptors (Lipinski definition) is 1. The van der Waals surface area contributed by atoms with Crippen LogP contribution in [0.15, 0.2) is 0 Å². The molecule has 2 heterocycles. The van der Waals surface area contributed by atoms with E-state index in [4.69, 9.17) is 0 Å². The molecule has 2 aliphatic rings. The van der Waals surface area contributed by atoms with Crippen LogP contribution in [-0.2, 0) is 0 Å². The maximum absolute atomic E-state index is 3.43. The highest BCUT2D eigenvalue weighted by atomic mass is 28.3. The summed E-state index contributed by atoms with van der Waals surface area (Å²) in [4.78, 5) is 0. The summed E-state index contributed by atoms with van der Waals surface area (Å²) in [7, 11) is 1.51. The van der Waals surface area contributed by atoms with Gasteiger partial charge < -0.3 is 5.32 Å². The smallest absolute Gasteiger partial charge is 0.0537 e. The molecule has 0 amide bonds. The van der Waals surface area contributed by atoms with E-state index in [9.17, 15) is 0 Å². The minimum Gasteiger partial charge on any atom is -0.317 e. The van der Waals surface area contributed by atoms with E-state index >= 15 is 0 Å². The van der Waals surface area contributed by atoms with Gasteiger partial charge in [-0.2, -0.15) is 0 Å². The zero-order valence-electron chi connectivity index (χ0n) is 8.23. The molecule has 1 nitrogen and oxygen atoms in total. The molecule has 0 radical (unpaired) electrons. The highest BCUT2D eigenvalue weighted by Crippen LogP contribution is 2.42. The van der Waals surface area contributed by atoms with E-state index in [0.717, 1.165) is 6.04 Å². The van der Waals surface area contributed by atoms with Crippen LogP contribution in [0.25, 0.3) is 0 Å². The molecule has 12 heavy (non-hydrogen) atoms. The van der Waals surface area contributed by atoms with Crippen LogP contribution in [0.1, 0.15) is 25.7 Å². The summed E-state index contributed by atoms with van der Waals surface area (Å²) in [5.41, 5.74) is 0. The molecule has 0 atom stereocenters. The quantitative estimate of drug-likeness (QED) is 0.616. The second-order valence-electron chi connectivity index (χ2n) is 4.77. The third-order valence-electron chi connectivity index (χ3n) is 4.12. The van der Waals surface area contributed by atoms with E-state index in [0.29, 0.717) is 0 Å². The molecule has 0 aromatic rings. The summed E-state index contributed by atoms with van der Waals surface area (Å²) in [5, 5.41) is 3.43. The highest BCUT2D eigenvalue weighted by Gasteiger charge is 2.38. The topological polar surface area (TPSA) is 12.0 Å². The molecule has 0 bridgehead atoms. The first-order chi connectivity index (χ1) is 5.85. The number of rotatable bonds is 1. The zero-order chi connectivity index (χ0) is 8.44. The van der Waals surface area contributed by atoms with Crippen molar-refractivity contribution in [1.82, 2.24) is 5.32 Å². The van der Waals surface area contributed by atoms with Crippen molar-refractivity contribution >= 4 is 8.07 Å². The predicted octanol–water partition coefficient (Wildman–Crippen LogP) is 2.61. The average molecular weight is 183 g/mol. The highest BCUT2D eigenvalue weighted by molar-refractivity contribution is 6.80. The Morgan fingerprint density at radius 3 is 2.08 bits per heavy atom. The third-order valence-corrected chi connectivity index (χ3v) is 9.65. The molecule has 2 heteroatoms. The van der Waals surface area contributed by atoms with Crippen LogP contribution in [0.5, 0.6) is 0 Å². The molecule has 2 saturated heterocycles. The van der Waals surface area contributed by atoms with Crippen molar-refractivity contribution in [2.75, 3.05) is 7.05 Å². The Morgan fingerprint density at radius 2 is 1.58 bits per heavy atom. The Hall–Kier alpha value is 0.177. The molecule has 2 rings (SSSR count). The van der Waals surface area contributed by atoms with Gasteiger partial charge in [0.15, 0.2) is 0 Å². The van der Waals surface area contributed by atoms with E-state index in [1.54, 1.807) is 37.0 Å². The summed E-state index contributed by atoms with van der Waals surface area (Å²) in [5.74, 6) is 0. The average Bonchev–Trinajstić information content (AvgIpc) is 2.55. The first kappa shape index (κ1) is 8.76. The van der Waals surface area contributed by atoms with Crippen molar-refractivity contribution in [3.05, 3.63) is 0 Å². The molecule has 0 aliphatic carbocycles. The molecule has 70 valence electrons. The monoisotopic (exact) mass is 183 g/mol. The molecule has 2 fully saturated rings. The molecule has 2 aliphatic heterocycles. The summed E-state index contributed by atoms with van der Waals surface area (Å²) >= 11 is 0. The molecular weight excluding hydrogens is 162 g/mol. The van der Waals surface area contributed by atoms with E-state index in [1.807, 2.05) is 0 Å². The van der Waals surface area contributed by atoms with Crippen LogP contribution in [-0.4, -0.2) is 21.2 Å². The SMILES string of the molecule is CNC1CC[Si]2(CCCC2)CC1. The van der Waals surface area contributed by atoms with E-state index < -0.39 is 8.07 Å². The standard InChI is InChI=1S/C10H21NSi/c1-11-10-4-8-12(9-5-10)6-2-3-7-12/h10-11H,2-9H2,1H3. The van der Waals surface area contributed by atoms with Crippen molar-refractivity contribution in [1.29, 1.82) is 0 Å². The van der Waals surface area contributed by atoms with Crippen LogP contribution in [0.4, 0.5) is 0 Å². The molecular formula is C10H21NSi. The van der Waals surface area contributed by atoms with Gasteiger partial charge >= 0.3 is 0 Å². The van der Waals surface area contributed by atoms with Gasteiger partial charge in [-0.25, -0.2) is 0 Å². The lowest BCUT2D eigenvalue weighted by Gasteiger charge is -2.35. The Labute approximate surface area is 76.9 Å². The van der Waals surface area contributed by atoms with Gasteiger partial charge in [-0.1, -0.05) is 37.0 Å². The second-order valence-corrected chi connectivity index (χ2v) is 9.77. The van der Waals surface area contributed by atoms with Crippen molar-refractivity contribution in [2.45, 2.75) is 55.9 Å². The fourth-order valence-corrected chi connectivity index (χ4v) is 8.57. The van der Waals surface area contributed by atoms with Crippen molar-refractivity contribution < 1.29 is 0 Å². The van der Waals surface area contributed by atoms with Gasteiger partial charge in [-0.05, 0) is 19.9 Å². The fourth-order valence-electron chi connectivity index (χ4n) is 3.14. The fraction of sp³-hybridized carbons (Fsp3) is 1.00. The number of hydrogen-bond donors (Lipinski definition) is 1. The maximum Gasteiger partial charge on any atom is 0.0537 e. The van der Waals surface area contributed by atoms with Crippen LogP contribution in [0.2, 0.25) is 24.2 Å². The Balaban J connectivity index is 1.88. The van der Waals surface area contributed by atoms with E-state index in [2.05, 4.69) is 12.4 Å². The summed E-state index contributed by atoms with van der Waals surface area (Å²) < 4.78 is 0. The normalized spacial score (nSPS) is 29.8. The second kappa shape index (κ2) is 3.50. The molecule has 0 aromatic heterocycles. The van der Waals surface area contributed by atoms with Crippen LogP contribution >= 0.6 is 0 Å². The van der Waals surface area contributed by atoms with Crippen LogP contribution in [0, 0.1) is 0 Å². The van der Waals surface area contributed by atoms with Crippen LogP contribution in [0.3, 0.4) is 0 Å². The first-order valence-corrected chi connectivity index (χ1v) is 8.35. The minimum atomic E-state index is -0.618. The largest absolute Gasteiger partial charge is 0.317 e. The van der Waals surface area contributed by atoms with Gasteiger partial charge in [-0.3, -0.25) is 0 Å². The maximum atomic E-state index is 3.43. The molecule has 0 aromatic carbocycles. The molecule has 0 saturated carbocycles. The zero-order valence-corrected chi connectivity index (χ0v) is 9.23. The Morgan fingerprint density at radius 1 is 1.00 bits per heavy atom. The minimum absolute atomic E-state index is 0.618. The first-order valence-electron chi connectivity index (χ1n) is 5.52. The van der Waals surface area contributed by atoms with Gasteiger partial charge in [0.2, 0.25) is 0 Å². The summed E-state index contributed by atoms with van der Waals surface area (Å²) in [6.07, 6.45) is 6.11. The van der Waals surface area contributed by atoms with Gasteiger partial charge in [0, 0.05) is 6.04 Å². The van der Waals surface area contributed by atoms with Crippen molar-refractivity contribution in [3.63, 3.8) is 0 Å². The van der Waals surface area contributed by atoms with E-state index in [-0.39, 0.29) is 0 Å². The van der Waals surface area contributed by atoms with Gasteiger partial charge in [0.05, 0.1) is 8.07 Å².